The Hall–Kier alpha value is -2.05. The van der Waals surface area contributed by atoms with Gasteiger partial charge in [0.05, 0.1) is 16.3 Å². The van der Waals surface area contributed by atoms with Crippen LogP contribution in [-0.2, 0) is 17.8 Å². The molecule has 1 heterocycles. The number of carboxylic acids is 1. The Kier molecular flexibility index (Phi) is 5.30. The second kappa shape index (κ2) is 7.45. The number of rotatable bonds is 6. The van der Waals surface area contributed by atoms with Gasteiger partial charge < -0.3 is 9.67 Å². The lowest BCUT2D eigenvalue weighted by Gasteiger charge is -2.11. The molecule has 3 rings (SSSR count). The van der Waals surface area contributed by atoms with E-state index in [0.29, 0.717) is 35.8 Å². The van der Waals surface area contributed by atoms with Crippen molar-refractivity contribution in [2.24, 2.45) is 0 Å². The molecule has 0 aliphatic rings. The van der Waals surface area contributed by atoms with E-state index in [1.54, 1.807) is 6.07 Å². The van der Waals surface area contributed by atoms with Crippen LogP contribution in [0.5, 0.6) is 0 Å². The topological polar surface area (TPSA) is 55.1 Å². The SMILES string of the molecule is O=C(O)C(S)CCc1nc2cc(F)ccc2n1Cc1ccc(Cl)cc1. The summed E-state index contributed by atoms with van der Waals surface area (Å²) in [6.45, 7) is 0.541. The summed E-state index contributed by atoms with van der Waals surface area (Å²) in [6, 6.07) is 11.9. The van der Waals surface area contributed by atoms with Crippen LogP contribution in [0, 0.1) is 5.82 Å². The van der Waals surface area contributed by atoms with Crippen molar-refractivity contribution in [3.05, 3.63) is 64.7 Å². The highest BCUT2D eigenvalue weighted by molar-refractivity contribution is 7.81. The third kappa shape index (κ3) is 4.14. The van der Waals surface area contributed by atoms with Crippen LogP contribution in [0.25, 0.3) is 11.0 Å². The van der Waals surface area contributed by atoms with Gasteiger partial charge in [-0.1, -0.05) is 23.7 Å². The average Bonchev–Trinajstić information content (AvgIpc) is 2.91. The number of fused-ring (bicyclic) bond motifs is 1. The van der Waals surface area contributed by atoms with Crippen molar-refractivity contribution in [2.75, 3.05) is 0 Å². The molecule has 0 bridgehead atoms. The quantitative estimate of drug-likeness (QED) is 0.632. The van der Waals surface area contributed by atoms with E-state index in [4.69, 9.17) is 16.7 Å². The summed E-state index contributed by atoms with van der Waals surface area (Å²) in [7, 11) is 0. The summed E-state index contributed by atoms with van der Waals surface area (Å²) in [5, 5.41) is 8.89. The van der Waals surface area contributed by atoms with Gasteiger partial charge in [-0.05, 0) is 36.2 Å². The standard InChI is InChI=1S/C18H16ClFN2O2S/c19-12-3-1-11(2-4-12)10-22-15-6-5-13(20)9-14(15)21-17(22)8-7-16(25)18(23)24/h1-6,9,16,25H,7-8,10H2,(H,23,24). The fourth-order valence-corrected chi connectivity index (χ4v) is 2.94. The molecule has 4 nitrogen and oxygen atoms in total. The Morgan fingerprint density at radius 1 is 1.28 bits per heavy atom. The molecule has 3 aromatic rings. The highest BCUT2D eigenvalue weighted by atomic mass is 35.5. The van der Waals surface area contributed by atoms with Gasteiger partial charge in [-0.2, -0.15) is 12.6 Å². The first-order valence-electron chi connectivity index (χ1n) is 7.74. The molecule has 1 aromatic heterocycles. The summed E-state index contributed by atoms with van der Waals surface area (Å²) in [6.07, 6.45) is 0.773. The van der Waals surface area contributed by atoms with Crippen LogP contribution in [0.1, 0.15) is 17.8 Å². The molecule has 130 valence electrons. The normalized spacial score (nSPS) is 12.4. The van der Waals surface area contributed by atoms with E-state index in [2.05, 4.69) is 17.6 Å². The van der Waals surface area contributed by atoms with Crippen LogP contribution in [0.2, 0.25) is 5.02 Å². The van der Waals surface area contributed by atoms with Gasteiger partial charge in [-0.3, -0.25) is 4.79 Å². The fraction of sp³-hybridized carbons (Fsp3) is 0.222. The molecule has 7 heteroatoms. The predicted octanol–water partition coefficient (Wildman–Crippen LogP) is 4.19. The number of imidazole rings is 1. The van der Waals surface area contributed by atoms with Crippen molar-refractivity contribution in [3.8, 4) is 0 Å². The van der Waals surface area contributed by atoms with Crippen LogP contribution in [0.15, 0.2) is 42.5 Å². The number of hydrogen-bond donors (Lipinski definition) is 2. The minimum atomic E-state index is -0.963. The van der Waals surface area contributed by atoms with Crippen molar-refractivity contribution < 1.29 is 14.3 Å². The van der Waals surface area contributed by atoms with Gasteiger partial charge in [0.25, 0.3) is 0 Å². The van der Waals surface area contributed by atoms with Crippen molar-refractivity contribution in [3.63, 3.8) is 0 Å². The molecule has 1 N–H and O–H groups in total. The largest absolute Gasteiger partial charge is 0.480 e. The summed E-state index contributed by atoms with van der Waals surface area (Å²) >= 11 is 9.99. The van der Waals surface area contributed by atoms with Gasteiger partial charge in [-0.25, -0.2) is 9.37 Å². The van der Waals surface area contributed by atoms with Crippen LogP contribution < -0.4 is 0 Å². The Morgan fingerprint density at radius 3 is 2.68 bits per heavy atom. The summed E-state index contributed by atoms with van der Waals surface area (Å²) in [4.78, 5) is 15.5. The number of hydrogen-bond acceptors (Lipinski definition) is 3. The number of aromatic nitrogens is 2. The maximum absolute atomic E-state index is 13.5. The van der Waals surface area contributed by atoms with Gasteiger partial charge in [0.15, 0.2) is 0 Å². The zero-order valence-corrected chi connectivity index (χ0v) is 14.8. The van der Waals surface area contributed by atoms with E-state index < -0.39 is 11.2 Å². The lowest BCUT2D eigenvalue weighted by atomic mass is 10.2. The molecule has 0 aliphatic heterocycles. The lowest BCUT2D eigenvalue weighted by molar-refractivity contribution is -0.136. The summed E-state index contributed by atoms with van der Waals surface area (Å²) in [5.74, 6) is -0.613. The van der Waals surface area contributed by atoms with E-state index in [0.717, 1.165) is 11.1 Å². The van der Waals surface area contributed by atoms with Crippen LogP contribution >= 0.6 is 24.2 Å². The lowest BCUT2D eigenvalue weighted by Crippen LogP contribution is -2.15. The van der Waals surface area contributed by atoms with E-state index in [9.17, 15) is 9.18 Å². The first-order chi connectivity index (χ1) is 11.9. The fourth-order valence-electron chi connectivity index (χ4n) is 2.68. The minimum absolute atomic E-state index is 0.338. The number of benzene rings is 2. The van der Waals surface area contributed by atoms with E-state index in [-0.39, 0.29) is 5.82 Å². The maximum Gasteiger partial charge on any atom is 0.316 e. The minimum Gasteiger partial charge on any atom is -0.480 e. The van der Waals surface area contributed by atoms with Gasteiger partial charge in [-0.15, -0.1) is 0 Å². The molecule has 25 heavy (non-hydrogen) atoms. The number of thiol groups is 1. The third-order valence-electron chi connectivity index (χ3n) is 3.97. The molecular weight excluding hydrogens is 363 g/mol. The predicted molar refractivity (Wildman–Crippen MR) is 99.0 cm³/mol. The molecule has 1 unspecified atom stereocenters. The van der Waals surface area contributed by atoms with E-state index >= 15 is 0 Å². The average molecular weight is 379 g/mol. The maximum atomic E-state index is 13.5. The summed E-state index contributed by atoms with van der Waals surface area (Å²) < 4.78 is 15.5. The number of halogens is 2. The Morgan fingerprint density at radius 2 is 2.00 bits per heavy atom. The van der Waals surface area contributed by atoms with Gasteiger partial charge in [0.2, 0.25) is 0 Å². The van der Waals surface area contributed by atoms with Crippen molar-refractivity contribution >= 4 is 41.2 Å². The van der Waals surface area contributed by atoms with E-state index in [1.807, 2.05) is 28.8 Å². The monoisotopic (exact) mass is 378 g/mol. The molecule has 0 aliphatic carbocycles. The zero-order valence-electron chi connectivity index (χ0n) is 13.2. The van der Waals surface area contributed by atoms with Gasteiger partial charge >= 0.3 is 5.97 Å². The molecule has 0 radical (unpaired) electrons. The smallest absolute Gasteiger partial charge is 0.316 e. The molecule has 0 saturated carbocycles. The third-order valence-corrected chi connectivity index (χ3v) is 4.70. The zero-order chi connectivity index (χ0) is 18.0. The van der Waals surface area contributed by atoms with Crippen molar-refractivity contribution in [1.82, 2.24) is 9.55 Å². The molecule has 0 spiro atoms. The first kappa shape index (κ1) is 17.8. The number of aliphatic carboxylic acids is 1. The molecule has 2 aromatic carbocycles. The first-order valence-corrected chi connectivity index (χ1v) is 8.63. The molecule has 0 amide bonds. The van der Waals surface area contributed by atoms with Crippen LogP contribution in [0.3, 0.4) is 0 Å². The Labute approximate surface area is 154 Å². The van der Waals surface area contributed by atoms with Crippen LogP contribution in [0.4, 0.5) is 4.39 Å². The van der Waals surface area contributed by atoms with Gasteiger partial charge in [0, 0.05) is 24.1 Å². The number of carboxylic acid groups (broad SMARTS) is 1. The summed E-state index contributed by atoms with van der Waals surface area (Å²) in [5.41, 5.74) is 2.38. The molecule has 1 atom stereocenters. The number of carbonyl (C=O) groups is 1. The number of nitrogens with zero attached hydrogens (tertiary/aromatic N) is 2. The second-order valence-electron chi connectivity index (χ2n) is 5.77. The second-order valence-corrected chi connectivity index (χ2v) is 6.83. The molecular formula is C18H16ClFN2O2S. The van der Waals surface area contributed by atoms with Crippen LogP contribution in [-0.4, -0.2) is 25.9 Å². The highest BCUT2D eigenvalue weighted by Gasteiger charge is 2.16. The Balaban J connectivity index is 1.96. The van der Waals surface area contributed by atoms with E-state index in [1.165, 1.54) is 12.1 Å². The van der Waals surface area contributed by atoms with Gasteiger partial charge in [0.1, 0.15) is 11.6 Å². The molecule has 0 saturated heterocycles. The van der Waals surface area contributed by atoms with Crippen molar-refractivity contribution in [1.29, 1.82) is 0 Å². The highest BCUT2D eigenvalue weighted by Crippen LogP contribution is 2.22. The number of aryl methyl sites for hydroxylation is 1. The Bertz CT molecular complexity index is 911. The molecule has 0 fully saturated rings. The van der Waals surface area contributed by atoms with Crippen molar-refractivity contribution in [2.45, 2.75) is 24.6 Å².